The summed E-state index contributed by atoms with van der Waals surface area (Å²) in [5.74, 6) is 0.679. The van der Waals surface area contributed by atoms with Gasteiger partial charge in [-0.25, -0.2) is 4.79 Å². The number of urea groups is 1. The maximum Gasteiger partial charge on any atom is 0.319 e. The van der Waals surface area contributed by atoms with E-state index in [4.69, 9.17) is 9.47 Å². The molecule has 2 saturated heterocycles. The van der Waals surface area contributed by atoms with Crippen LogP contribution in [0.1, 0.15) is 32.1 Å². The van der Waals surface area contributed by atoms with Crippen molar-refractivity contribution in [1.29, 1.82) is 0 Å². The van der Waals surface area contributed by atoms with Gasteiger partial charge in [0.2, 0.25) is 0 Å². The van der Waals surface area contributed by atoms with Gasteiger partial charge in [-0.3, -0.25) is 0 Å². The second-order valence-electron chi connectivity index (χ2n) is 6.42. The van der Waals surface area contributed by atoms with Crippen LogP contribution < -0.4 is 20.3 Å². The topological polar surface area (TPSA) is 62.8 Å². The van der Waals surface area contributed by atoms with Gasteiger partial charge in [0.25, 0.3) is 0 Å². The summed E-state index contributed by atoms with van der Waals surface area (Å²) in [6.45, 7) is 3.55. The zero-order valence-electron chi connectivity index (χ0n) is 14.3. The summed E-state index contributed by atoms with van der Waals surface area (Å²) in [7, 11) is 1.62. The van der Waals surface area contributed by atoms with Crippen molar-refractivity contribution in [2.24, 2.45) is 0 Å². The maximum atomic E-state index is 12.3. The molecule has 0 aromatic heterocycles. The number of carbonyl (C=O) groups excluding carboxylic acids is 1. The van der Waals surface area contributed by atoms with Crippen LogP contribution in [0.15, 0.2) is 18.2 Å². The van der Waals surface area contributed by atoms with Crippen LogP contribution >= 0.6 is 0 Å². The van der Waals surface area contributed by atoms with Crippen LogP contribution in [-0.4, -0.2) is 45.5 Å². The first-order chi connectivity index (χ1) is 11.8. The molecule has 0 atom stereocenters. The average Bonchev–Trinajstić information content (AvgIpc) is 2.63. The van der Waals surface area contributed by atoms with Crippen LogP contribution in [0.5, 0.6) is 5.75 Å². The molecule has 2 aliphatic heterocycles. The zero-order chi connectivity index (χ0) is 16.8. The van der Waals surface area contributed by atoms with E-state index in [1.807, 2.05) is 12.1 Å². The fourth-order valence-corrected chi connectivity index (χ4v) is 3.33. The summed E-state index contributed by atoms with van der Waals surface area (Å²) < 4.78 is 10.7. The van der Waals surface area contributed by atoms with E-state index in [-0.39, 0.29) is 12.1 Å². The van der Waals surface area contributed by atoms with E-state index in [1.165, 1.54) is 19.3 Å². The van der Waals surface area contributed by atoms with E-state index < -0.39 is 0 Å². The molecule has 0 unspecified atom stereocenters. The molecular formula is C18H27N3O3. The van der Waals surface area contributed by atoms with Gasteiger partial charge in [0.1, 0.15) is 5.75 Å². The minimum absolute atomic E-state index is 0.176. The molecule has 0 radical (unpaired) electrons. The maximum absolute atomic E-state index is 12.3. The third-order valence-electron chi connectivity index (χ3n) is 4.71. The van der Waals surface area contributed by atoms with Gasteiger partial charge in [0.05, 0.1) is 12.8 Å². The number of anilines is 2. The van der Waals surface area contributed by atoms with E-state index in [0.29, 0.717) is 24.7 Å². The van der Waals surface area contributed by atoms with Crippen molar-refractivity contribution in [3.63, 3.8) is 0 Å². The molecule has 2 fully saturated rings. The van der Waals surface area contributed by atoms with Crippen molar-refractivity contribution in [1.82, 2.24) is 5.32 Å². The molecule has 6 nitrogen and oxygen atoms in total. The van der Waals surface area contributed by atoms with Crippen LogP contribution in [0.3, 0.4) is 0 Å². The summed E-state index contributed by atoms with van der Waals surface area (Å²) in [4.78, 5) is 14.7. The normalized spacial score (nSPS) is 19.0. The summed E-state index contributed by atoms with van der Waals surface area (Å²) in [5, 5.41) is 5.96. The number of carbonyl (C=O) groups is 1. The van der Waals surface area contributed by atoms with Crippen molar-refractivity contribution in [2.75, 3.05) is 43.6 Å². The second kappa shape index (κ2) is 8.24. The van der Waals surface area contributed by atoms with Crippen LogP contribution in [0.4, 0.5) is 16.2 Å². The number of methoxy groups -OCH3 is 1. The first-order valence-corrected chi connectivity index (χ1v) is 8.84. The summed E-state index contributed by atoms with van der Waals surface area (Å²) >= 11 is 0. The van der Waals surface area contributed by atoms with Gasteiger partial charge in [0.15, 0.2) is 0 Å². The predicted molar refractivity (Wildman–Crippen MR) is 95.1 cm³/mol. The van der Waals surface area contributed by atoms with Gasteiger partial charge in [-0.05, 0) is 50.3 Å². The van der Waals surface area contributed by atoms with E-state index in [9.17, 15) is 4.79 Å². The largest absolute Gasteiger partial charge is 0.495 e. The second-order valence-corrected chi connectivity index (χ2v) is 6.42. The Morgan fingerprint density at radius 1 is 1.21 bits per heavy atom. The Balaban J connectivity index is 1.66. The number of hydrogen-bond acceptors (Lipinski definition) is 4. The van der Waals surface area contributed by atoms with Crippen molar-refractivity contribution in [3.8, 4) is 5.75 Å². The number of rotatable bonds is 4. The van der Waals surface area contributed by atoms with Crippen molar-refractivity contribution in [3.05, 3.63) is 18.2 Å². The van der Waals surface area contributed by atoms with Crippen LogP contribution in [0.25, 0.3) is 0 Å². The highest BCUT2D eigenvalue weighted by atomic mass is 16.5. The van der Waals surface area contributed by atoms with Crippen LogP contribution in [0, 0.1) is 0 Å². The lowest BCUT2D eigenvalue weighted by molar-refractivity contribution is 0.0806. The Morgan fingerprint density at radius 3 is 2.67 bits per heavy atom. The minimum atomic E-state index is -0.184. The molecule has 24 heavy (non-hydrogen) atoms. The fourth-order valence-electron chi connectivity index (χ4n) is 3.33. The molecule has 0 spiro atoms. The Bertz CT molecular complexity index is 552. The standard InChI is InChI=1S/C18H27N3O3/c1-23-17-6-5-15(21-9-3-2-4-10-21)13-16(17)20-18(22)19-14-7-11-24-12-8-14/h5-6,13-14H,2-4,7-12H2,1H3,(H2,19,20,22). The van der Waals surface area contributed by atoms with Crippen LogP contribution in [-0.2, 0) is 4.74 Å². The van der Waals surface area contributed by atoms with Gasteiger partial charge in [-0.15, -0.1) is 0 Å². The molecule has 2 N–H and O–H groups in total. The van der Waals surface area contributed by atoms with Gasteiger partial charge >= 0.3 is 6.03 Å². The Labute approximate surface area is 143 Å². The molecule has 132 valence electrons. The lowest BCUT2D eigenvalue weighted by Gasteiger charge is -2.29. The third-order valence-corrected chi connectivity index (χ3v) is 4.71. The molecule has 0 bridgehead atoms. The Kier molecular flexibility index (Phi) is 5.80. The zero-order valence-corrected chi connectivity index (χ0v) is 14.3. The molecular weight excluding hydrogens is 306 g/mol. The molecule has 2 aliphatic rings. The first kappa shape index (κ1) is 16.9. The number of nitrogens with one attached hydrogen (secondary N) is 2. The summed E-state index contributed by atoms with van der Waals surface area (Å²) in [6.07, 6.45) is 5.46. The van der Waals surface area contributed by atoms with Gasteiger partial charge in [-0.1, -0.05) is 0 Å². The van der Waals surface area contributed by atoms with Crippen molar-refractivity contribution < 1.29 is 14.3 Å². The number of ether oxygens (including phenoxy) is 2. The molecule has 1 aromatic carbocycles. The van der Waals surface area contributed by atoms with Gasteiger partial charge in [-0.2, -0.15) is 0 Å². The molecule has 6 heteroatoms. The number of amides is 2. The Hall–Kier alpha value is -1.95. The number of nitrogens with zero attached hydrogens (tertiary/aromatic N) is 1. The van der Waals surface area contributed by atoms with Crippen LogP contribution in [0.2, 0.25) is 0 Å². The monoisotopic (exact) mass is 333 g/mol. The van der Waals surface area contributed by atoms with E-state index in [1.54, 1.807) is 7.11 Å². The summed E-state index contributed by atoms with van der Waals surface area (Å²) in [6, 6.07) is 5.99. The quantitative estimate of drug-likeness (QED) is 0.889. The van der Waals surface area contributed by atoms with Crippen molar-refractivity contribution in [2.45, 2.75) is 38.1 Å². The van der Waals surface area contributed by atoms with E-state index in [2.05, 4.69) is 21.6 Å². The molecule has 0 saturated carbocycles. The molecule has 2 heterocycles. The number of piperidine rings is 1. The predicted octanol–water partition coefficient (Wildman–Crippen LogP) is 2.99. The highest BCUT2D eigenvalue weighted by Crippen LogP contribution is 2.31. The molecule has 3 rings (SSSR count). The molecule has 1 aromatic rings. The number of hydrogen-bond donors (Lipinski definition) is 2. The first-order valence-electron chi connectivity index (χ1n) is 8.84. The Morgan fingerprint density at radius 2 is 1.96 bits per heavy atom. The fraction of sp³-hybridized carbons (Fsp3) is 0.611. The number of benzene rings is 1. The SMILES string of the molecule is COc1ccc(N2CCCCC2)cc1NC(=O)NC1CCOCC1. The lowest BCUT2D eigenvalue weighted by atomic mass is 10.1. The summed E-state index contributed by atoms with van der Waals surface area (Å²) in [5.41, 5.74) is 1.85. The van der Waals surface area contributed by atoms with E-state index in [0.717, 1.165) is 31.6 Å². The average molecular weight is 333 g/mol. The minimum Gasteiger partial charge on any atom is -0.495 e. The highest BCUT2D eigenvalue weighted by Gasteiger charge is 2.18. The van der Waals surface area contributed by atoms with Crippen molar-refractivity contribution >= 4 is 17.4 Å². The molecule has 0 aliphatic carbocycles. The lowest BCUT2D eigenvalue weighted by Crippen LogP contribution is -2.41. The smallest absolute Gasteiger partial charge is 0.319 e. The third kappa shape index (κ3) is 4.32. The van der Waals surface area contributed by atoms with E-state index >= 15 is 0 Å². The molecule has 2 amide bonds. The highest BCUT2D eigenvalue weighted by molar-refractivity contribution is 5.92. The van der Waals surface area contributed by atoms with Gasteiger partial charge in [0, 0.05) is 38.0 Å². The van der Waals surface area contributed by atoms with Gasteiger partial charge < -0.3 is 25.0 Å².